The average molecular weight is 208 g/mol. The van der Waals surface area contributed by atoms with Crippen LogP contribution in [0.1, 0.15) is 43.7 Å². The minimum Gasteiger partial charge on any atom is -0.508 e. The summed E-state index contributed by atoms with van der Waals surface area (Å²) in [5, 5.41) is 19.2. The third-order valence-corrected chi connectivity index (χ3v) is 2.66. The van der Waals surface area contributed by atoms with Crippen LogP contribution >= 0.6 is 0 Å². The number of aryl methyl sites for hydroxylation is 2. The van der Waals surface area contributed by atoms with E-state index in [1.807, 2.05) is 6.92 Å². The zero-order chi connectivity index (χ0) is 11.3. The standard InChI is InChI=1S/C13H20O2/c1-3-4-5-6-7-11-9-12(14)8-10(2)13(11)15/h8-9,14-15H,3-7H2,1-2H3. The molecule has 1 aromatic rings. The molecule has 0 spiro atoms. The lowest BCUT2D eigenvalue weighted by Gasteiger charge is -2.07. The molecule has 0 aromatic heterocycles. The average Bonchev–Trinajstić information content (AvgIpc) is 2.19. The van der Waals surface area contributed by atoms with Crippen molar-refractivity contribution < 1.29 is 10.2 Å². The highest BCUT2D eigenvalue weighted by molar-refractivity contribution is 5.45. The van der Waals surface area contributed by atoms with Crippen molar-refractivity contribution in [2.45, 2.75) is 46.0 Å². The van der Waals surface area contributed by atoms with Crippen LogP contribution in [-0.2, 0) is 6.42 Å². The van der Waals surface area contributed by atoms with Gasteiger partial charge in [0.25, 0.3) is 0 Å². The maximum absolute atomic E-state index is 9.77. The zero-order valence-corrected chi connectivity index (χ0v) is 9.58. The number of hydrogen-bond donors (Lipinski definition) is 2. The van der Waals surface area contributed by atoms with Crippen LogP contribution < -0.4 is 0 Å². The summed E-state index contributed by atoms with van der Waals surface area (Å²) in [5.74, 6) is 0.583. The van der Waals surface area contributed by atoms with E-state index < -0.39 is 0 Å². The summed E-state index contributed by atoms with van der Waals surface area (Å²) in [6.07, 6.45) is 5.56. The van der Waals surface area contributed by atoms with Crippen molar-refractivity contribution in [2.24, 2.45) is 0 Å². The Labute approximate surface area is 91.6 Å². The number of rotatable bonds is 5. The Kier molecular flexibility index (Phi) is 4.47. The molecule has 15 heavy (non-hydrogen) atoms. The summed E-state index contributed by atoms with van der Waals surface area (Å²) in [7, 11) is 0. The van der Waals surface area contributed by atoms with Gasteiger partial charge in [-0.3, -0.25) is 0 Å². The maximum atomic E-state index is 9.77. The fourth-order valence-electron chi connectivity index (χ4n) is 1.76. The third-order valence-electron chi connectivity index (χ3n) is 2.66. The highest BCUT2D eigenvalue weighted by atomic mass is 16.3. The Balaban J connectivity index is 2.60. The molecule has 0 heterocycles. The van der Waals surface area contributed by atoms with Crippen LogP contribution in [0.5, 0.6) is 11.5 Å². The van der Waals surface area contributed by atoms with E-state index in [-0.39, 0.29) is 5.75 Å². The van der Waals surface area contributed by atoms with Crippen molar-refractivity contribution in [2.75, 3.05) is 0 Å². The predicted molar refractivity (Wildman–Crippen MR) is 62.4 cm³/mol. The van der Waals surface area contributed by atoms with E-state index in [1.54, 1.807) is 12.1 Å². The molecule has 0 aliphatic carbocycles. The first-order valence-electron chi connectivity index (χ1n) is 5.66. The lowest BCUT2D eigenvalue weighted by Crippen LogP contribution is -1.89. The van der Waals surface area contributed by atoms with E-state index in [4.69, 9.17) is 0 Å². The summed E-state index contributed by atoms with van der Waals surface area (Å²) in [5.41, 5.74) is 1.61. The van der Waals surface area contributed by atoms with E-state index in [0.717, 1.165) is 24.0 Å². The first-order valence-corrected chi connectivity index (χ1v) is 5.66. The van der Waals surface area contributed by atoms with Gasteiger partial charge in [-0.05, 0) is 43.0 Å². The predicted octanol–water partition coefficient (Wildman–Crippen LogP) is 3.53. The van der Waals surface area contributed by atoms with Crippen LogP contribution in [0.25, 0.3) is 0 Å². The third kappa shape index (κ3) is 3.46. The van der Waals surface area contributed by atoms with Crippen molar-refractivity contribution in [3.05, 3.63) is 23.3 Å². The SMILES string of the molecule is CCCCCCc1cc(O)cc(C)c1O. The number of phenolic OH excluding ortho intramolecular Hbond substituents is 2. The van der Waals surface area contributed by atoms with Gasteiger partial charge in [0.2, 0.25) is 0 Å². The van der Waals surface area contributed by atoms with E-state index in [9.17, 15) is 10.2 Å². The second-order valence-electron chi connectivity index (χ2n) is 4.08. The van der Waals surface area contributed by atoms with E-state index in [1.165, 1.54) is 19.3 Å². The number of aromatic hydroxyl groups is 2. The Morgan fingerprint density at radius 3 is 2.47 bits per heavy atom. The minimum atomic E-state index is 0.246. The van der Waals surface area contributed by atoms with Crippen molar-refractivity contribution in [3.63, 3.8) is 0 Å². The molecular weight excluding hydrogens is 188 g/mol. The highest BCUT2D eigenvalue weighted by Crippen LogP contribution is 2.28. The van der Waals surface area contributed by atoms with Gasteiger partial charge in [0, 0.05) is 0 Å². The summed E-state index contributed by atoms with van der Waals surface area (Å²) in [6.45, 7) is 3.99. The van der Waals surface area contributed by atoms with Gasteiger partial charge in [-0.1, -0.05) is 26.2 Å². The summed E-state index contributed by atoms with van der Waals surface area (Å²) in [4.78, 5) is 0. The van der Waals surface area contributed by atoms with Gasteiger partial charge in [0.1, 0.15) is 11.5 Å². The van der Waals surface area contributed by atoms with Crippen molar-refractivity contribution in [1.29, 1.82) is 0 Å². The van der Waals surface area contributed by atoms with Crippen LogP contribution in [0.15, 0.2) is 12.1 Å². The monoisotopic (exact) mass is 208 g/mol. The molecule has 0 unspecified atom stereocenters. The topological polar surface area (TPSA) is 40.5 Å². The van der Waals surface area contributed by atoms with Gasteiger partial charge in [0.05, 0.1) is 0 Å². The molecular formula is C13H20O2. The lowest BCUT2D eigenvalue weighted by atomic mass is 10.0. The number of unbranched alkanes of at least 4 members (excludes halogenated alkanes) is 3. The molecule has 2 heteroatoms. The summed E-state index contributed by atoms with van der Waals surface area (Å²) >= 11 is 0. The molecule has 0 saturated heterocycles. The quantitative estimate of drug-likeness (QED) is 0.574. The summed E-state index contributed by atoms with van der Waals surface area (Å²) in [6, 6.07) is 3.25. The molecule has 0 saturated carbocycles. The van der Waals surface area contributed by atoms with Crippen molar-refractivity contribution in [1.82, 2.24) is 0 Å². The molecule has 0 aliphatic heterocycles. The second kappa shape index (κ2) is 5.64. The molecule has 0 atom stereocenters. The van der Waals surface area contributed by atoms with E-state index in [2.05, 4.69) is 6.92 Å². The van der Waals surface area contributed by atoms with Gasteiger partial charge in [-0.25, -0.2) is 0 Å². The van der Waals surface area contributed by atoms with Crippen LogP contribution in [-0.4, -0.2) is 10.2 Å². The molecule has 84 valence electrons. The molecule has 0 radical (unpaired) electrons. The fraction of sp³-hybridized carbons (Fsp3) is 0.538. The molecule has 2 nitrogen and oxygen atoms in total. The minimum absolute atomic E-state index is 0.246. The van der Waals surface area contributed by atoms with Crippen molar-refractivity contribution >= 4 is 0 Å². The molecule has 0 amide bonds. The molecule has 1 aromatic carbocycles. The second-order valence-corrected chi connectivity index (χ2v) is 4.08. The van der Waals surface area contributed by atoms with Crippen molar-refractivity contribution in [3.8, 4) is 11.5 Å². The smallest absolute Gasteiger partial charge is 0.121 e. The maximum Gasteiger partial charge on any atom is 0.121 e. The van der Waals surface area contributed by atoms with Gasteiger partial charge in [-0.2, -0.15) is 0 Å². The molecule has 0 fully saturated rings. The van der Waals surface area contributed by atoms with Crippen LogP contribution in [0.2, 0.25) is 0 Å². The molecule has 1 rings (SSSR count). The zero-order valence-electron chi connectivity index (χ0n) is 9.58. The largest absolute Gasteiger partial charge is 0.508 e. The van der Waals surface area contributed by atoms with Gasteiger partial charge >= 0.3 is 0 Å². The Morgan fingerprint density at radius 1 is 1.07 bits per heavy atom. The number of hydrogen-bond acceptors (Lipinski definition) is 2. The van der Waals surface area contributed by atoms with Gasteiger partial charge in [0.15, 0.2) is 0 Å². The first-order chi connectivity index (χ1) is 7.15. The highest BCUT2D eigenvalue weighted by Gasteiger charge is 2.06. The normalized spacial score (nSPS) is 10.5. The number of benzene rings is 1. The summed E-state index contributed by atoms with van der Waals surface area (Å²) < 4.78 is 0. The molecule has 0 aliphatic rings. The Morgan fingerprint density at radius 2 is 1.80 bits per heavy atom. The molecule has 0 bridgehead atoms. The van der Waals surface area contributed by atoms with Gasteiger partial charge in [-0.15, -0.1) is 0 Å². The van der Waals surface area contributed by atoms with Crippen LogP contribution in [0.4, 0.5) is 0 Å². The van der Waals surface area contributed by atoms with E-state index in [0.29, 0.717) is 5.75 Å². The Bertz CT molecular complexity index is 319. The fourth-order valence-corrected chi connectivity index (χ4v) is 1.76. The number of phenols is 2. The Hall–Kier alpha value is -1.18. The van der Waals surface area contributed by atoms with Gasteiger partial charge < -0.3 is 10.2 Å². The first kappa shape index (κ1) is 11.9. The van der Waals surface area contributed by atoms with Crippen LogP contribution in [0, 0.1) is 6.92 Å². The lowest BCUT2D eigenvalue weighted by molar-refractivity contribution is 0.449. The van der Waals surface area contributed by atoms with E-state index >= 15 is 0 Å². The molecule has 2 N–H and O–H groups in total. The van der Waals surface area contributed by atoms with Crippen LogP contribution in [0.3, 0.4) is 0 Å².